The van der Waals surface area contributed by atoms with Crippen molar-refractivity contribution in [2.45, 2.75) is 0 Å². The summed E-state index contributed by atoms with van der Waals surface area (Å²) < 4.78 is 27.3. The summed E-state index contributed by atoms with van der Waals surface area (Å²) in [5.41, 5.74) is 4.61. The van der Waals surface area contributed by atoms with Gasteiger partial charge in [0.05, 0.1) is 5.56 Å². The zero-order valence-corrected chi connectivity index (χ0v) is 8.73. The Bertz CT molecular complexity index is 496. The number of hydrogen-bond donors (Lipinski definition) is 2. The summed E-state index contributed by atoms with van der Waals surface area (Å²) >= 11 is 0. The van der Waals surface area contributed by atoms with Crippen LogP contribution >= 0.6 is 0 Å². The summed E-state index contributed by atoms with van der Waals surface area (Å²) in [7, 11) is -4.50. The fourth-order valence-corrected chi connectivity index (χ4v) is 1.45. The van der Waals surface area contributed by atoms with Gasteiger partial charge in [-0.1, -0.05) is 18.2 Å². The van der Waals surface area contributed by atoms with Gasteiger partial charge in [-0.15, -0.1) is 0 Å². The zero-order chi connectivity index (χ0) is 12.2. The van der Waals surface area contributed by atoms with Crippen molar-refractivity contribution in [3.05, 3.63) is 35.9 Å². The molecule has 0 bridgehead atoms. The fourth-order valence-electron chi connectivity index (χ4n) is 0.866. The normalized spacial score (nSPS) is 10.5. The third kappa shape index (κ3) is 3.58. The number of primary amides is 1. The third-order valence-corrected chi connectivity index (χ3v) is 2.24. The van der Waals surface area contributed by atoms with Gasteiger partial charge in [0.25, 0.3) is 0 Å². The second-order valence-electron chi connectivity index (χ2n) is 2.66. The summed E-state index contributed by atoms with van der Waals surface area (Å²) in [5.74, 6) is -1.10. The van der Waals surface area contributed by atoms with E-state index in [-0.39, 0.29) is 5.56 Å². The summed E-state index contributed by atoms with van der Waals surface area (Å²) in [6.45, 7) is 0. The lowest BCUT2D eigenvalue weighted by Gasteiger charge is -2.04. The molecular formula is C8H8N2O5S. The molecule has 86 valence electrons. The quantitative estimate of drug-likeness (QED) is 0.761. The Labute approximate surface area is 91.5 Å². The van der Waals surface area contributed by atoms with Crippen LogP contribution in [-0.4, -0.2) is 20.4 Å². The van der Waals surface area contributed by atoms with Crippen molar-refractivity contribution in [3.8, 4) is 0 Å². The van der Waals surface area contributed by atoms with Crippen LogP contribution in [0, 0.1) is 0 Å². The van der Waals surface area contributed by atoms with E-state index in [1.807, 2.05) is 0 Å². The van der Waals surface area contributed by atoms with Crippen LogP contribution < -0.4 is 10.5 Å². The van der Waals surface area contributed by atoms with Crippen molar-refractivity contribution >= 4 is 22.3 Å². The maximum Gasteiger partial charge on any atom is 0.413 e. The molecule has 0 heterocycles. The van der Waals surface area contributed by atoms with E-state index in [9.17, 15) is 18.0 Å². The van der Waals surface area contributed by atoms with Crippen LogP contribution in [0.15, 0.2) is 30.3 Å². The Morgan fingerprint density at radius 3 is 2.25 bits per heavy atom. The molecule has 1 aromatic carbocycles. The van der Waals surface area contributed by atoms with Gasteiger partial charge in [-0.05, 0) is 12.1 Å². The van der Waals surface area contributed by atoms with Crippen LogP contribution in [0.25, 0.3) is 0 Å². The van der Waals surface area contributed by atoms with Crippen molar-refractivity contribution in [3.63, 3.8) is 0 Å². The Morgan fingerprint density at radius 1 is 1.19 bits per heavy atom. The van der Waals surface area contributed by atoms with E-state index in [2.05, 4.69) is 9.92 Å². The molecule has 16 heavy (non-hydrogen) atoms. The number of carbonyl (C=O) groups is 2. The molecule has 0 spiro atoms. The van der Waals surface area contributed by atoms with Crippen molar-refractivity contribution in [1.82, 2.24) is 4.72 Å². The van der Waals surface area contributed by atoms with E-state index >= 15 is 0 Å². The van der Waals surface area contributed by atoms with Crippen LogP contribution in [-0.2, 0) is 14.5 Å². The van der Waals surface area contributed by atoms with Gasteiger partial charge >= 0.3 is 22.3 Å². The molecule has 0 atom stereocenters. The average molecular weight is 244 g/mol. The lowest BCUT2D eigenvalue weighted by atomic mass is 10.2. The van der Waals surface area contributed by atoms with Crippen LogP contribution in [0.1, 0.15) is 10.4 Å². The number of amides is 2. The first-order valence-electron chi connectivity index (χ1n) is 4.02. The van der Waals surface area contributed by atoms with Crippen LogP contribution in [0.3, 0.4) is 0 Å². The van der Waals surface area contributed by atoms with Gasteiger partial charge < -0.3 is 9.92 Å². The Morgan fingerprint density at radius 2 is 1.75 bits per heavy atom. The van der Waals surface area contributed by atoms with Crippen LogP contribution in [0.2, 0.25) is 0 Å². The predicted molar refractivity (Wildman–Crippen MR) is 53.5 cm³/mol. The highest BCUT2D eigenvalue weighted by Crippen LogP contribution is 2.03. The van der Waals surface area contributed by atoms with Crippen LogP contribution in [0.4, 0.5) is 4.79 Å². The Hall–Kier alpha value is -2.09. The molecular weight excluding hydrogens is 236 g/mol. The van der Waals surface area contributed by atoms with E-state index in [0.29, 0.717) is 0 Å². The molecule has 1 rings (SSSR count). The molecule has 0 radical (unpaired) electrons. The second-order valence-corrected chi connectivity index (χ2v) is 3.94. The monoisotopic (exact) mass is 244 g/mol. The van der Waals surface area contributed by atoms with Crippen LogP contribution in [0.5, 0.6) is 0 Å². The number of nitrogens with one attached hydrogen (secondary N) is 1. The van der Waals surface area contributed by atoms with Crippen molar-refractivity contribution in [1.29, 1.82) is 0 Å². The number of benzene rings is 1. The predicted octanol–water partition coefficient (Wildman–Crippen LogP) is -0.244. The topological polar surface area (TPSA) is 116 Å². The molecule has 0 aliphatic rings. The smallest absolute Gasteiger partial charge is 0.351 e. The number of nitrogens with two attached hydrogens (primary N) is 1. The van der Waals surface area contributed by atoms with Gasteiger partial charge in [0.1, 0.15) is 0 Å². The third-order valence-electron chi connectivity index (χ3n) is 1.42. The largest absolute Gasteiger partial charge is 0.413 e. The standard InChI is InChI=1S/C8H8N2O5S/c9-8(12)10-16(13,14)15-7(11)6-4-2-1-3-5-6/h1-5H,(H3,9,10,12). The summed E-state index contributed by atoms with van der Waals surface area (Å²) in [4.78, 5) is 21.5. The number of carbonyl (C=O) groups excluding carboxylic acids is 2. The average Bonchev–Trinajstić information content (AvgIpc) is 2.16. The molecule has 0 saturated heterocycles. The molecule has 0 aliphatic heterocycles. The minimum absolute atomic E-state index is 0.0392. The molecule has 1 aromatic rings. The molecule has 0 unspecified atom stereocenters. The molecule has 8 heteroatoms. The summed E-state index contributed by atoms with van der Waals surface area (Å²) in [6.07, 6.45) is 0. The minimum Gasteiger partial charge on any atom is -0.351 e. The lowest BCUT2D eigenvalue weighted by Crippen LogP contribution is -2.37. The van der Waals surface area contributed by atoms with E-state index in [4.69, 9.17) is 0 Å². The Kier molecular flexibility index (Phi) is 3.46. The van der Waals surface area contributed by atoms with Crippen molar-refractivity contribution < 1.29 is 22.2 Å². The maximum absolute atomic E-state index is 11.2. The fraction of sp³-hybridized carbons (Fsp3) is 0. The van der Waals surface area contributed by atoms with E-state index in [1.165, 1.54) is 29.0 Å². The number of hydrogen-bond acceptors (Lipinski definition) is 5. The summed E-state index contributed by atoms with van der Waals surface area (Å²) in [6, 6.07) is 6.10. The molecule has 0 fully saturated rings. The van der Waals surface area contributed by atoms with Gasteiger partial charge in [0.15, 0.2) is 0 Å². The first kappa shape index (κ1) is 12.0. The highest BCUT2D eigenvalue weighted by atomic mass is 32.2. The second kappa shape index (κ2) is 4.62. The van der Waals surface area contributed by atoms with Gasteiger partial charge in [0.2, 0.25) is 0 Å². The molecule has 2 amide bonds. The molecule has 0 saturated carbocycles. The van der Waals surface area contributed by atoms with E-state index < -0.39 is 22.3 Å². The minimum atomic E-state index is -4.50. The van der Waals surface area contributed by atoms with Crippen molar-refractivity contribution in [2.75, 3.05) is 0 Å². The van der Waals surface area contributed by atoms with Gasteiger partial charge in [-0.2, -0.15) is 8.42 Å². The summed E-state index contributed by atoms with van der Waals surface area (Å²) in [5, 5.41) is 0. The highest BCUT2D eigenvalue weighted by Gasteiger charge is 2.19. The van der Waals surface area contributed by atoms with Gasteiger partial charge in [-0.3, -0.25) is 0 Å². The first-order valence-corrected chi connectivity index (χ1v) is 5.42. The number of urea groups is 1. The highest BCUT2D eigenvalue weighted by molar-refractivity contribution is 7.85. The zero-order valence-electron chi connectivity index (χ0n) is 7.91. The maximum atomic E-state index is 11.2. The van der Waals surface area contributed by atoms with E-state index in [0.717, 1.165) is 0 Å². The number of rotatable bonds is 3. The SMILES string of the molecule is NC(=O)NS(=O)(=O)OC(=O)c1ccccc1. The molecule has 0 aliphatic carbocycles. The Balaban J connectivity index is 2.76. The van der Waals surface area contributed by atoms with Gasteiger partial charge in [-0.25, -0.2) is 14.3 Å². The molecule has 0 aromatic heterocycles. The molecule has 3 N–H and O–H groups in total. The van der Waals surface area contributed by atoms with E-state index in [1.54, 1.807) is 6.07 Å². The lowest BCUT2D eigenvalue weighted by molar-refractivity contribution is 0.0745. The van der Waals surface area contributed by atoms with Crippen molar-refractivity contribution in [2.24, 2.45) is 5.73 Å². The molecule has 7 nitrogen and oxygen atoms in total. The first-order chi connectivity index (χ1) is 7.41. The van der Waals surface area contributed by atoms with Gasteiger partial charge in [0, 0.05) is 0 Å².